The highest BCUT2D eigenvalue weighted by Crippen LogP contribution is 2.29. The van der Waals surface area contributed by atoms with Crippen LogP contribution in [0.3, 0.4) is 0 Å². The van der Waals surface area contributed by atoms with Gasteiger partial charge in [0, 0.05) is 5.69 Å². The number of hydrogen-bond donors (Lipinski definition) is 1. The smallest absolute Gasteiger partial charge is 0.235 e. The number of alkyl halides is 1. The van der Waals surface area contributed by atoms with E-state index < -0.39 is 0 Å². The number of halogens is 1. The molecule has 0 saturated heterocycles. The lowest BCUT2D eigenvalue weighted by atomic mass is 9.86. The molecule has 1 aromatic carbocycles. The summed E-state index contributed by atoms with van der Waals surface area (Å²) < 4.78 is 0. The zero-order valence-electron chi connectivity index (χ0n) is 9.30. The van der Waals surface area contributed by atoms with E-state index in [1.165, 1.54) is 0 Å². The van der Waals surface area contributed by atoms with Crippen molar-refractivity contribution >= 4 is 27.5 Å². The van der Waals surface area contributed by atoms with E-state index in [1.807, 2.05) is 24.3 Å². The van der Waals surface area contributed by atoms with Gasteiger partial charge in [-0.3, -0.25) is 4.79 Å². The van der Waals surface area contributed by atoms with Crippen LogP contribution in [0.5, 0.6) is 0 Å². The van der Waals surface area contributed by atoms with Crippen molar-refractivity contribution in [3.05, 3.63) is 29.8 Å². The van der Waals surface area contributed by atoms with Crippen molar-refractivity contribution in [2.24, 2.45) is 0 Å². The molecule has 0 bridgehead atoms. The van der Waals surface area contributed by atoms with E-state index in [-0.39, 0.29) is 11.3 Å². The molecule has 0 aliphatic heterocycles. The average Bonchev–Trinajstić information content (AvgIpc) is 2.17. The lowest BCUT2D eigenvalue weighted by Crippen LogP contribution is -2.19. The van der Waals surface area contributed by atoms with Gasteiger partial charge in [-0.2, -0.15) is 0 Å². The fourth-order valence-corrected chi connectivity index (χ4v) is 1.57. The molecule has 0 heterocycles. The van der Waals surface area contributed by atoms with Crippen LogP contribution in [0.2, 0.25) is 0 Å². The van der Waals surface area contributed by atoms with E-state index >= 15 is 0 Å². The molecule has 3 heteroatoms. The highest BCUT2D eigenvalue weighted by atomic mass is 79.9. The standard InChI is InChI=1S/C12H16BrNO/c1-12(2,3)9-6-4-5-7-10(9)14-11(15)8-13/h4-7H,8H2,1-3H3,(H,14,15). The molecule has 1 N–H and O–H groups in total. The van der Waals surface area contributed by atoms with E-state index in [0.717, 1.165) is 11.3 Å². The van der Waals surface area contributed by atoms with E-state index in [0.29, 0.717) is 5.33 Å². The summed E-state index contributed by atoms with van der Waals surface area (Å²) in [4.78, 5) is 11.3. The van der Waals surface area contributed by atoms with Crippen LogP contribution in [-0.2, 0) is 10.2 Å². The third-order valence-electron chi connectivity index (χ3n) is 2.13. The molecule has 2 nitrogen and oxygen atoms in total. The van der Waals surface area contributed by atoms with Crippen molar-refractivity contribution in [1.82, 2.24) is 0 Å². The fourth-order valence-electron chi connectivity index (χ4n) is 1.43. The Balaban J connectivity index is 3.02. The van der Waals surface area contributed by atoms with Crippen LogP contribution >= 0.6 is 15.9 Å². The van der Waals surface area contributed by atoms with Crippen LogP contribution in [0.15, 0.2) is 24.3 Å². The van der Waals surface area contributed by atoms with E-state index in [1.54, 1.807) is 0 Å². The van der Waals surface area contributed by atoms with Crippen molar-refractivity contribution in [2.75, 3.05) is 10.6 Å². The Morgan fingerprint density at radius 2 is 1.93 bits per heavy atom. The van der Waals surface area contributed by atoms with Gasteiger partial charge >= 0.3 is 0 Å². The van der Waals surface area contributed by atoms with Crippen molar-refractivity contribution in [3.63, 3.8) is 0 Å². The predicted octanol–water partition coefficient (Wildman–Crippen LogP) is 3.32. The molecule has 0 spiro atoms. The lowest BCUT2D eigenvalue weighted by Gasteiger charge is -2.22. The highest BCUT2D eigenvalue weighted by molar-refractivity contribution is 9.09. The Kier molecular flexibility index (Phi) is 3.91. The number of hydrogen-bond acceptors (Lipinski definition) is 1. The summed E-state index contributed by atoms with van der Waals surface area (Å²) in [6, 6.07) is 7.90. The van der Waals surface area contributed by atoms with Crippen LogP contribution in [-0.4, -0.2) is 11.2 Å². The summed E-state index contributed by atoms with van der Waals surface area (Å²) >= 11 is 3.14. The summed E-state index contributed by atoms with van der Waals surface area (Å²) in [6.45, 7) is 6.39. The summed E-state index contributed by atoms with van der Waals surface area (Å²) in [5.74, 6) is -0.0216. The molecule has 1 rings (SSSR count). The Hall–Kier alpha value is -0.830. The number of para-hydroxylation sites is 1. The number of benzene rings is 1. The number of rotatable bonds is 2. The first-order valence-corrected chi connectivity index (χ1v) is 6.02. The quantitative estimate of drug-likeness (QED) is 0.821. The molecule has 0 fully saturated rings. The monoisotopic (exact) mass is 269 g/mol. The van der Waals surface area contributed by atoms with Gasteiger partial charge in [0.15, 0.2) is 0 Å². The number of amides is 1. The number of carbonyl (C=O) groups is 1. The van der Waals surface area contributed by atoms with Crippen LogP contribution in [0.25, 0.3) is 0 Å². The summed E-state index contributed by atoms with van der Waals surface area (Å²) in [6.07, 6.45) is 0. The van der Waals surface area contributed by atoms with E-state index in [9.17, 15) is 4.79 Å². The van der Waals surface area contributed by atoms with Gasteiger partial charge in [-0.05, 0) is 17.0 Å². The third kappa shape index (κ3) is 3.34. The Morgan fingerprint density at radius 3 is 2.47 bits per heavy atom. The van der Waals surface area contributed by atoms with Gasteiger partial charge in [-0.25, -0.2) is 0 Å². The van der Waals surface area contributed by atoms with Gasteiger partial charge < -0.3 is 5.32 Å². The molecule has 0 atom stereocenters. The Bertz CT molecular complexity index is 355. The average molecular weight is 270 g/mol. The lowest BCUT2D eigenvalue weighted by molar-refractivity contribution is -0.113. The maximum Gasteiger partial charge on any atom is 0.235 e. The summed E-state index contributed by atoms with van der Waals surface area (Å²) in [5, 5.41) is 3.21. The first-order chi connectivity index (χ1) is 6.95. The topological polar surface area (TPSA) is 29.1 Å². The summed E-state index contributed by atoms with van der Waals surface area (Å²) in [5.41, 5.74) is 2.09. The van der Waals surface area contributed by atoms with Crippen molar-refractivity contribution < 1.29 is 4.79 Å². The van der Waals surface area contributed by atoms with Gasteiger partial charge in [0.1, 0.15) is 0 Å². The SMILES string of the molecule is CC(C)(C)c1ccccc1NC(=O)CBr. The normalized spacial score (nSPS) is 11.2. The van der Waals surface area contributed by atoms with E-state index in [2.05, 4.69) is 42.0 Å². The first kappa shape index (κ1) is 12.2. The number of nitrogens with one attached hydrogen (secondary N) is 1. The van der Waals surface area contributed by atoms with Crippen LogP contribution < -0.4 is 5.32 Å². The molecule has 0 saturated carbocycles. The van der Waals surface area contributed by atoms with Gasteiger partial charge in [0.25, 0.3) is 0 Å². The van der Waals surface area contributed by atoms with Gasteiger partial charge in [-0.15, -0.1) is 0 Å². The molecule has 0 unspecified atom stereocenters. The third-order valence-corrected chi connectivity index (χ3v) is 2.64. The zero-order chi connectivity index (χ0) is 11.5. The predicted molar refractivity (Wildman–Crippen MR) is 67.6 cm³/mol. The van der Waals surface area contributed by atoms with Gasteiger partial charge in [-0.1, -0.05) is 54.9 Å². The van der Waals surface area contributed by atoms with Gasteiger partial charge in [0.2, 0.25) is 5.91 Å². The van der Waals surface area contributed by atoms with Crippen LogP contribution in [0.4, 0.5) is 5.69 Å². The maximum absolute atomic E-state index is 11.3. The van der Waals surface area contributed by atoms with Crippen LogP contribution in [0.1, 0.15) is 26.3 Å². The fraction of sp³-hybridized carbons (Fsp3) is 0.417. The molecule has 15 heavy (non-hydrogen) atoms. The van der Waals surface area contributed by atoms with Crippen LogP contribution in [0, 0.1) is 0 Å². The second kappa shape index (κ2) is 4.79. The Labute approximate surface area is 99.2 Å². The number of carbonyl (C=O) groups excluding carboxylic acids is 1. The number of anilines is 1. The minimum absolute atomic E-state index is 0.0216. The maximum atomic E-state index is 11.3. The van der Waals surface area contributed by atoms with Crippen molar-refractivity contribution in [3.8, 4) is 0 Å². The van der Waals surface area contributed by atoms with Crippen molar-refractivity contribution in [2.45, 2.75) is 26.2 Å². The minimum atomic E-state index is -0.0216. The first-order valence-electron chi connectivity index (χ1n) is 4.90. The molecule has 0 radical (unpaired) electrons. The molecular weight excluding hydrogens is 254 g/mol. The second-order valence-corrected chi connectivity index (χ2v) is 5.04. The molecule has 1 aromatic rings. The molecule has 0 aliphatic carbocycles. The van der Waals surface area contributed by atoms with E-state index in [4.69, 9.17) is 0 Å². The molecule has 0 aliphatic rings. The molecule has 0 aromatic heterocycles. The largest absolute Gasteiger partial charge is 0.325 e. The van der Waals surface area contributed by atoms with Gasteiger partial charge in [0.05, 0.1) is 5.33 Å². The minimum Gasteiger partial charge on any atom is -0.325 e. The highest BCUT2D eigenvalue weighted by Gasteiger charge is 2.17. The summed E-state index contributed by atoms with van der Waals surface area (Å²) in [7, 11) is 0. The van der Waals surface area contributed by atoms with Crippen molar-refractivity contribution in [1.29, 1.82) is 0 Å². The second-order valence-electron chi connectivity index (χ2n) is 4.48. The zero-order valence-corrected chi connectivity index (χ0v) is 10.9. The molecular formula is C12H16BrNO. The Morgan fingerprint density at radius 1 is 1.33 bits per heavy atom. The molecule has 1 amide bonds. The molecule has 82 valence electrons.